The Morgan fingerprint density at radius 3 is 2.10 bits per heavy atom. The number of nitrogens with one attached hydrogen (secondary N) is 2. The third-order valence-electron chi connectivity index (χ3n) is 3.77. The molecule has 0 fully saturated rings. The fraction of sp³-hybridized carbons (Fsp3) is 0.278. The summed E-state index contributed by atoms with van der Waals surface area (Å²) in [6, 6.07) is 21.3. The molecule has 0 amide bonds. The van der Waals surface area contributed by atoms with E-state index in [1.54, 1.807) is 0 Å². The molecule has 0 radical (unpaired) electrons. The summed E-state index contributed by atoms with van der Waals surface area (Å²) in [5, 5.41) is 6.77. The van der Waals surface area contributed by atoms with Crippen molar-refractivity contribution < 1.29 is 0 Å². The number of hydrogen-bond acceptors (Lipinski definition) is 3. The van der Waals surface area contributed by atoms with Gasteiger partial charge in [-0.05, 0) is 17.5 Å². The van der Waals surface area contributed by atoms with E-state index in [0.29, 0.717) is 5.92 Å². The van der Waals surface area contributed by atoms with Crippen LogP contribution in [0.5, 0.6) is 0 Å². The number of nitrogens with zero attached hydrogens (tertiary/aromatic N) is 1. The molecule has 1 aliphatic heterocycles. The molecule has 108 valence electrons. The average molecular weight is 279 g/mol. The zero-order chi connectivity index (χ0) is 14.3. The molecule has 0 saturated heterocycles. The maximum Gasteiger partial charge on any atom is 0.191 e. The van der Waals surface area contributed by atoms with Crippen LogP contribution < -0.4 is 10.6 Å². The second kappa shape index (κ2) is 6.93. The summed E-state index contributed by atoms with van der Waals surface area (Å²) in [5.74, 6) is 1.26. The smallest absolute Gasteiger partial charge is 0.191 e. The van der Waals surface area contributed by atoms with Gasteiger partial charge in [0.05, 0.1) is 0 Å². The van der Waals surface area contributed by atoms with Gasteiger partial charge in [0, 0.05) is 25.6 Å². The maximum atomic E-state index is 4.48. The van der Waals surface area contributed by atoms with Crippen molar-refractivity contribution in [2.45, 2.75) is 12.3 Å². The predicted molar refractivity (Wildman–Crippen MR) is 87.7 cm³/mol. The van der Waals surface area contributed by atoms with Crippen molar-refractivity contribution >= 4 is 5.96 Å². The molecule has 0 spiro atoms. The van der Waals surface area contributed by atoms with Gasteiger partial charge < -0.3 is 10.6 Å². The molecule has 0 aromatic heterocycles. The van der Waals surface area contributed by atoms with E-state index in [9.17, 15) is 0 Å². The number of aliphatic imine (C=N–C) groups is 1. The van der Waals surface area contributed by atoms with Crippen molar-refractivity contribution in [1.29, 1.82) is 0 Å². The van der Waals surface area contributed by atoms with Crippen LogP contribution >= 0.6 is 0 Å². The molecular weight excluding hydrogens is 258 g/mol. The fourth-order valence-corrected chi connectivity index (χ4v) is 2.65. The van der Waals surface area contributed by atoms with Gasteiger partial charge in [-0.2, -0.15) is 0 Å². The molecule has 0 aliphatic carbocycles. The summed E-state index contributed by atoms with van der Waals surface area (Å²) in [5.41, 5.74) is 2.65. The number of rotatable bonds is 4. The van der Waals surface area contributed by atoms with E-state index in [4.69, 9.17) is 0 Å². The highest BCUT2D eigenvalue weighted by atomic mass is 15.2. The average Bonchev–Trinajstić information content (AvgIpc) is 2.58. The maximum absolute atomic E-state index is 4.48. The van der Waals surface area contributed by atoms with Gasteiger partial charge >= 0.3 is 0 Å². The van der Waals surface area contributed by atoms with E-state index in [1.807, 2.05) is 0 Å². The highest BCUT2D eigenvalue weighted by molar-refractivity contribution is 5.80. The summed E-state index contributed by atoms with van der Waals surface area (Å²) in [6.07, 6.45) is 1.12. The van der Waals surface area contributed by atoms with Crippen molar-refractivity contribution in [3.63, 3.8) is 0 Å². The van der Waals surface area contributed by atoms with Crippen LogP contribution in [0.25, 0.3) is 0 Å². The van der Waals surface area contributed by atoms with Gasteiger partial charge in [0.1, 0.15) is 0 Å². The standard InChI is InChI=1S/C18H21N3/c1-3-8-15(9-4-1)17(16-10-5-2-6-11-16)14-21-18-19-12-7-13-20-18/h1-6,8-11,17H,7,12-14H2,(H2,19,20,21). The van der Waals surface area contributed by atoms with Gasteiger partial charge in [-0.25, -0.2) is 0 Å². The Bertz CT molecular complexity index is 538. The van der Waals surface area contributed by atoms with Crippen LogP contribution in [0.4, 0.5) is 0 Å². The predicted octanol–water partition coefficient (Wildman–Crippen LogP) is 2.76. The number of hydrogen-bond donors (Lipinski definition) is 2. The topological polar surface area (TPSA) is 36.4 Å². The lowest BCUT2D eigenvalue weighted by molar-refractivity contribution is 0.679. The fourth-order valence-electron chi connectivity index (χ4n) is 2.65. The van der Waals surface area contributed by atoms with Crippen molar-refractivity contribution in [3.8, 4) is 0 Å². The third kappa shape index (κ3) is 3.63. The molecule has 3 nitrogen and oxygen atoms in total. The van der Waals surface area contributed by atoms with E-state index < -0.39 is 0 Å². The Balaban J connectivity index is 1.78. The summed E-state index contributed by atoms with van der Waals surface area (Å²) in [6.45, 7) is 2.77. The highest BCUT2D eigenvalue weighted by Crippen LogP contribution is 2.23. The minimum absolute atomic E-state index is 0.332. The van der Waals surface area contributed by atoms with Crippen molar-refractivity contribution in [2.24, 2.45) is 4.99 Å². The lowest BCUT2D eigenvalue weighted by Crippen LogP contribution is -2.42. The number of benzene rings is 2. The Morgan fingerprint density at radius 1 is 0.952 bits per heavy atom. The van der Waals surface area contributed by atoms with Gasteiger partial charge in [-0.1, -0.05) is 60.7 Å². The summed E-state index contributed by atoms with van der Waals surface area (Å²) in [7, 11) is 0. The molecule has 21 heavy (non-hydrogen) atoms. The van der Waals surface area contributed by atoms with E-state index in [-0.39, 0.29) is 0 Å². The second-order valence-electron chi connectivity index (χ2n) is 5.27. The lowest BCUT2D eigenvalue weighted by atomic mass is 9.91. The normalized spacial score (nSPS) is 14.4. The first-order valence-electron chi connectivity index (χ1n) is 7.55. The monoisotopic (exact) mass is 279 g/mol. The summed E-state index contributed by atoms with van der Waals surface area (Å²) in [4.78, 5) is 4.48. The molecule has 0 atom stereocenters. The van der Waals surface area contributed by atoms with Gasteiger partial charge in [0.2, 0.25) is 0 Å². The SMILES string of the molecule is c1ccc(C(CNC2=NCCCN2)c2ccccc2)cc1. The van der Waals surface area contributed by atoms with E-state index in [1.165, 1.54) is 11.1 Å². The molecule has 3 heteroatoms. The molecule has 0 bridgehead atoms. The van der Waals surface area contributed by atoms with E-state index in [0.717, 1.165) is 32.0 Å². The first kappa shape index (κ1) is 13.7. The molecule has 0 saturated carbocycles. The number of guanidine groups is 1. The van der Waals surface area contributed by atoms with E-state index >= 15 is 0 Å². The molecule has 2 N–H and O–H groups in total. The Kier molecular flexibility index (Phi) is 4.52. The highest BCUT2D eigenvalue weighted by Gasteiger charge is 2.14. The van der Waals surface area contributed by atoms with Crippen molar-refractivity contribution in [2.75, 3.05) is 19.6 Å². The van der Waals surface area contributed by atoms with Crippen LogP contribution in [0.2, 0.25) is 0 Å². The molecule has 2 aromatic carbocycles. The van der Waals surface area contributed by atoms with Crippen LogP contribution in [-0.2, 0) is 0 Å². The lowest BCUT2D eigenvalue weighted by Gasteiger charge is -2.22. The Labute approximate surface area is 126 Å². The Morgan fingerprint density at radius 2 is 1.57 bits per heavy atom. The molecule has 2 aromatic rings. The third-order valence-corrected chi connectivity index (χ3v) is 3.77. The van der Waals surface area contributed by atoms with Crippen LogP contribution in [0.3, 0.4) is 0 Å². The minimum atomic E-state index is 0.332. The van der Waals surface area contributed by atoms with Crippen LogP contribution in [0.15, 0.2) is 65.7 Å². The minimum Gasteiger partial charge on any atom is -0.356 e. The van der Waals surface area contributed by atoms with Crippen LogP contribution in [0.1, 0.15) is 23.5 Å². The molecule has 0 unspecified atom stereocenters. The first-order valence-corrected chi connectivity index (χ1v) is 7.55. The molecule has 1 aliphatic rings. The second-order valence-corrected chi connectivity index (χ2v) is 5.27. The largest absolute Gasteiger partial charge is 0.356 e. The van der Waals surface area contributed by atoms with Gasteiger partial charge in [-0.15, -0.1) is 0 Å². The van der Waals surface area contributed by atoms with Crippen LogP contribution in [-0.4, -0.2) is 25.6 Å². The van der Waals surface area contributed by atoms with E-state index in [2.05, 4.69) is 76.3 Å². The van der Waals surface area contributed by atoms with Gasteiger partial charge in [0.25, 0.3) is 0 Å². The molecule has 3 rings (SSSR count). The van der Waals surface area contributed by atoms with Crippen LogP contribution in [0, 0.1) is 0 Å². The van der Waals surface area contributed by atoms with Crippen molar-refractivity contribution in [1.82, 2.24) is 10.6 Å². The van der Waals surface area contributed by atoms with Gasteiger partial charge in [0.15, 0.2) is 5.96 Å². The zero-order valence-corrected chi connectivity index (χ0v) is 12.1. The van der Waals surface area contributed by atoms with Gasteiger partial charge in [-0.3, -0.25) is 4.99 Å². The first-order chi connectivity index (χ1) is 10.4. The van der Waals surface area contributed by atoms with Crippen molar-refractivity contribution in [3.05, 3.63) is 71.8 Å². The molecule has 1 heterocycles. The Hall–Kier alpha value is -2.29. The summed E-state index contributed by atoms with van der Waals surface area (Å²) >= 11 is 0. The molecular formula is C18H21N3. The zero-order valence-electron chi connectivity index (χ0n) is 12.1. The quantitative estimate of drug-likeness (QED) is 0.903. The summed E-state index contributed by atoms with van der Waals surface area (Å²) < 4.78 is 0.